The summed E-state index contributed by atoms with van der Waals surface area (Å²) in [4.78, 5) is 26.7. The van der Waals surface area contributed by atoms with E-state index in [4.69, 9.17) is 32.7 Å². The van der Waals surface area contributed by atoms with Crippen LogP contribution in [0.2, 0.25) is 10.0 Å². The summed E-state index contributed by atoms with van der Waals surface area (Å²) in [6.07, 6.45) is 2.39. The van der Waals surface area contributed by atoms with Gasteiger partial charge in [-0.3, -0.25) is 4.57 Å². The number of hydrogen-bond acceptors (Lipinski definition) is 7. The number of hydrogen-bond donors (Lipinski definition) is 1. The van der Waals surface area contributed by atoms with E-state index in [0.717, 1.165) is 5.56 Å². The van der Waals surface area contributed by atoms with Crippen LogP contribution in [-0.2, 0) is 19.9 Å². The van der Waals surface area contributed by atoms with Gasteiger partial charge < -0.3 is 24.5 Å². The van der Waals surface area contributed by atoms with Crippen molar-refractivity contribution in [2.24, 2.45) is 0 Å². The minimum atomic E-state index is -2.14. The Hall–Kier alpha value is -3.07. The zero-order valence-corrected chi connectivity index (χ0v) is 17.7. The Morgan fingerprint density at radius 1 is 1.23 bits per heavy atom. The third kappa shape index (κ3) is 5.16. The van der Waals surface area contributed by atoms with E-state index in [9.17, 15) is 19.8 Å². The second kappa shape index (κ2) is 9.38. The van der Waals surface area contributed by atoms with Crippen molar-refractivity contribution in [3.63, 3.8) is 0 Å². The molecule has 3 aromatic rings. The van der Waals surface area contributed by atoms with Crippen LogP contribution in [0.25, 0.3) is 0 Å². The Morgan fingerprint density at radius 2 is 1.94 bits per heavy atom. The van der Waals surface area contributed by atoms with Crippen LogP contribution in [-0.4, -0.2) is 33.2 Å². The van der Waals surface area contributed by atoms with Crippen molar-refractivity contribution in [2.75, 3.05) is 6.61 Å². The van der Waals surface area contributed by atoms with Gasteiger partial charge >= 0.3 is 5.97 Å². The molecule has 3 rings (SSSR count). The quantitative estimate of drug-likeness (QED) is 0.422. The highest BCUT2D eigenvalue weighted by molar-refractivity contribution is 6.35. The van der Waals surface area contributed by atoms with E-state index in [1.165, 1.54) is 41.5 Å². The number of benzene rings is 2. The summed E-state index contributed by atoms with van der Waals surface area (Å²) in [7, 11) is 0. The average molecular weight is 464 g/mol. The molecule has 0 fully saturated rings. The van der Waals surface area contributed by atoms with Gasteiger partial charge in [0.1, 0.15) is 12.4 Å². The van der Waals surface area contributed by atoms with E-state index >= 15 is 0 Å². The number of carbonyl (C=O) groups excluding carboxylic acids is 2. The molecule has 8 nitrogen and oxygen atoms in total. The highest BCUT2D eigenvalue weighted by Gasteiger charge is 2.45. The van der Waals surface area contributed by atoms with Crippen LogP contribution in [0.1, 0.15) is 17.4 Å². The number of esters is 1. The molecular formula is C21H17Cl2N2O6-. The summed E-state index contributed by atoms with van der Waals surface area (Å²) < 4.78 is 12.0. The second-order valence-corrected chi connectivity index (χ2v) is 7.55. The van der Waals surface area contributed by atoms with Gasteiger partial charge in [0, 0.05) is 28.0 Å². The maximum atomic E-state index is 11.9. The van der Waals surface area contributed by atoms with Crippen LogP contribution >= 0.6 is 23.2 Å². The summed E-state index contributed by atoms with van der Waals surface area (Å²) in [5, 5.41) is 23.1. The smallest absolute Gasteiger partial charge is 0.356 e. The molecule has 0 bridgehead atoms. The van der Waals surface area contributed by atoms with E-state index in [0.29, 0.717) is 10.8 Å². The van der Waals surface area contributed by atoms with Crippen molar-refractivity contribution in [3.8, 4) is 5.75 Å². The molecule has 0 amide bonds. The Labute approximate surface area is 187 Å². The molecule has 0 spiro atoms. The van der Waals surface area contributed by atoms with Crippen molar-refractivity contribution < 1.29 is 29.3 Å². The maximum absolute atomic E-state index is 11.9. The molecule has 0 saturated heterocycles. The summed E-state index contributed by atoms with van der Waals surface area (Å²) in [6.45, 7) is 1.45. The van der Waals surface area contributed by atoms with Gasteiger partial charge in [-0.2, -0.15) is 0 Å². The number of aliphatic carboxylic acids is 1. The molecule has 10 heteroatoms. The molecule has 0 aliphatic rings. The van der Waals surface area contributed by atoms with E-state index in [2.05, 4.69) is 4.98 Å². The van der Waals surface area contributed by atoms with Crippen molar-refractivity contribution in [1.82, 2.24) is 9.55 Å². The number of rotatable bonds is 7. The van der Waals surface area contributed by atoms with Gasteiger partial charge in [-0.15, -0.1) is 0 Å². The molecule has 1 heterocycles. The Kier molecular flexibility index (Phi) is 6.84. The van der Waals surface area contributed by atoms with E-state index in [-0.39, 0.29) is 10.6 Å². The summed E-state index contributed by atoms with van der Waals surface area (Å²) in [6, 6.07) is 11.3. The van der Waals surface area contributed by atoms with E-state index < -0.39 is 30.4 Å². The molecule has 0 radical (unpaired) electrons. The number of aryl methyl sites for hydroxylation is 1. The highest BCUT2D eigenvalue weighted by Crippen LogP contribution is 2.40. The van der Waals surface area contributed by atoms with Gasteiger partial charge in [-0.25, -0.2) is 9.78 Å². The molecular weight excluding hydrogens is 447 g/mol. The van der Waals surface area contributed by atoms with Gasteiger partial charge in [-0.05, 0) is 31.2 Å². The molecule has 0 aliphatic carbocycles. The number of aliphatic hydroxyl groups is 1. The molecule has 0 saturated carbocycles. The lowest BCUT2D eigenvalue weighted by molar-refractivity contribution is -0.306. The molecule has 31 heavy (non-hydrogen) atoms. The van der Waals surface area contributed by atoms with Crippen molar-refractivity contribution >= 4 is 35.1 Å². The fourth-order valence-electron chi connectivity index (χ4n) is 2.91. The average Bonchev–Trinajstić information content (AvgIpc) is 3.25. The molecule has 2 aromatic carbocycles. The Bertz CT molecular complexity index is 1070. The zero-order chi connectivity index (χ0) is 22.6. The first-order valence-corrected chi connectivity index (χ1v) is 9.73. The Balaban J connectivity index is 2.08. The minimum absolute atomic E-state index is 0.0529. The van der Waals surface area contributed by atoms with Gasteiger partial charge in [0.15, 0.2) is 11.6 Å². The first kappa shape index (κ1) is 22.6. The lowest BCUT2D eigenvalue weighted by Crippen LogP contribution is -2.46. The van der Waals surface area contributed by atoms with Gasteiger partial charge in [0.05, 0.1) is 6.33 Å². The number of carboxylic acids is 1. The van der Waals surface area contributed by atoms with Crippen LogP contribution in [0.5, 0.6) is 5.75 Å². The van der Waals surface area contributed by atoms with Crippen LogP contribution in [0.15, 0.2) is 61.2 Å². The van der Waals surface area contributed by atoms with Gasteiger partial charge in [-0.1, -0.05) is 47.0 Å². The topological polar surface area (TPSA) is 114 Å². The van der Waals surface area contributed by atoms with E-state index in [1.807, 2.05) is 19.1 Å². The summed E-state index contributed by atoms with van der Waals surface area (Å²) in [5.74, 6) is -3.34. The molecule has 162 valence electrons. The number of carbonyl (C=O) groups is 2. The number of aromatic nitrogens is 2. The number of halogens is 2. The molecule has 1 N–H and O–H groups in total. The normalized spacial score (nSPS) is 13.8. The third-order valence-corrected chi connectivity index (χ3v) is 5.01. The summed E-state index contributed by atoms with van der Waals surface area (Å²) >= 11 is 12.3. The molecule has 0 aliphatic heterocycles. The molecule has 2 unspecified atom stereocenters. The SMILES string of the molecule is Cc1ccc(OCC(O)(c2ccc(Cl)cc2Cl)C(OC(=O)C(=O)[O-])n2ccnc2)cc1. The minimum Gasteiger partial charge on any atom is -0.539 e. The van der Waals surface area contributed by atoms with Crippen molar-refractivity contribution in [1.29, 1.82) is 0 Å². The maximum Gasteiger partial charge on any atom is 0.356 e. The van der Waals surface area contributed by atoms with Crippen LogP contribution in [0.4, 0.5) is 0 Å². The fourth-order valence-corrected chi connectivity index (χ4v) is 3.49. The van der Waals surface area contributed by atoms with Gasteiger partial charge in [0.2, 0.25) is 6.23 Å². The number of imidazole rings is 1. The predicted molar refractivity (Wildman–Crippen MR) is 109 cm³/mol. The number of carboxylic acid groups (broad SMARTS) is 1. The van der Waals surface area contributed by atoms with Crippen molar-refractivity contribution in [3.05, 3.63) is 82.4 Å². The first-order chi connectivity index (χ1) is 14.7. The van der Waals surface area contributed by atoms with Crippen LogP contribution < -0.4 is 9.84 Å². The molecule has 2 atom stereocenters. The third-order valence-electron chi connectivity index (χ3n) is 4.47. The first-order valence-electron chi connectivity index (χ1n) is 8.97. The Morgan fingerprint density at radius 3 is 2.52 bits per heavy atom. The van der Waals surface area contributed by atoms with Gasteiger partial charge in [0.25, 0.3) is 0 Å². The van der Waals surface area contributed by atoms with Crippen molar-refractivity contribution in [2.45, 2.75) is 18.8 Å². The molecule has 1 aromatic heterocycles. The fraction of sp³-hybridized carbons (Fsp3) is 0.190. The van der Waals surface area contributed by atoms with Crippen LogP contribution in [0.3, 0.4) is 0 Å². The number of nitrogens with zero attached hydrogens (tertiary/aromatic N) is 2. The second-order valence-electron chi connectivity index (χ2n) is 6.71. The lowest BCUT2D eigenvalue weighted by Gasteiger charge is -2.36. The largest absolute Gasteiger partial charge is 0.539 e. The monoisotopic (exact) mass is 463 g/mol. The zero-order valence-electron chi connectivity index (χ0n) is 16.2. The lowest BCUT2D eigenvalue weighted by atomic mass is 9.92. The predicted octanol–water partition coefficient (Wildman–Crippen LogP) is 2.26. The van der Waals surface area contributed by atoms with Crippen LogP contribution in [0, 0.1) is 6.92 Å². The van der Waals surface area contributed by atoms with E-state index in [1.54, 1.807) is 12.1 Å². The standard InChI is InChI=1S/C21H18Cl2N2O6/c1-13-2-5-15(6-3-13)30-11-21(29,16-7-4-14(22)10-17(16)23)20(25-9-8-24-12-25)31-19(28)18(26)27/h2-10,12,20,29H,11H2,1H3,(H,26,27)/p-1. The highest BCUT2D eigenvalue weighted by atomic mass is 35.5. The number of ether oxygens (including phenoxy) is 2. The summed E-state index contributed by atoms with van der Waals surface area (Å²) in [5.41, 5.74) is -1.05.